The number of nitrogens with zero attached hydrogens (tertiary/aromatic N) is 1. The largest absolute Gasteiger partial charge is 0.480 e. The zero-order valence-electron chi connectivity index (χ0n) is 10.3. The molecule has 0 aromatic carbocycles. The molecule has 0 saturated carbocycles. The third kappa shape index (κ3) is 4.33. The second-order valence-corrected chi connectivity index (χ2v) is 4.09. The fourth-order valence-corrected chi connectivity index (χ4v) is 1.88. The highest BCUT2D eigenvalue weighted by molar-refractivity contribution is 5.79. The van der Waals surface area contributed by atoms with Crippen molar-refractivity contribution < 1.29 is 29.0 Å². The van der Waals surface area contributed by atoms with E-state index in [0.717, 1.165) is 6.42 Å². The molecule has 0 aliphatic carbocycles. The lowest BCUT2D eigenvalue weighted by molar-refractivity contribution is -0.150. The molecule has 7 heteroatoms. The first-order valence-electron chi connectivity index (χ1n) is 5.69. The number of carbonyl (C=O) groups excluding carboxylic acids is 2. The Labute approximate surface area is 105 Å². The number of esters is 1. The van der Waals surface area contributed by atoms with Crippen LogP contribution in [0.3, 0.4) is 0 Å². The van der Waals surface area contributed by atoms with Crippen LogP contribution < -0.4 is 0 Å². The molecule has 1 heterocycles. The molecule has 102 valence electrons. The summed E-state index contributed by atoms with van der Waals surface area (Å²) in [5.41, 5.74) is 0. The van der Waals surface area contributed by atoms with Crippen LogP contribution >= 0.6 is 0 Å². The Bertz CT molecular complexity index is 329. The van der Waals surface area contributed by atoms with Crippen molar-refractivity contribution in [2.75, 3.05) is 33.4 Å². The van der Waals surface area contributed by atoms with Crippen molar-refractivity contribution in [3.05, 3.63) is 0 Å². The fourth-order valence-electron chi connectivity index (χ4n) is 1.88. The van der Waals surface area contributed by atoms with Crippen LogP contribution in [0.15, 0.2) is 0 Å². The molecule has 1 amide bonds. The van der Waals surface area contributed by atoms with Gasteiger partial charge in [0.05, 0.1) is 13.0 Å². The van der Waals surface area contributed by atoms with Gasteiger partial charge in [-0.2, -0.15) is 0 Å². The van der Waals surface area contributed by atoms with Gasteiger partial charge in [0, 0.05) is 13.1 Å². The average Bonchev–Trinajstić information content (AvgIpc) is 2.37. The molecule has 1 aliphatic heterocycles. The highest BCUT2D eigenvalue weighted by Crippen LogP contribution is 2.17. The molecule has 0 radical (unpaired) electrons. The summed E-state index contributed by atoms with van der Waals surface area (Å²) in [6.45, 7) is 0.0882. The molecule has 0 spiro atoms. The molecule has 1 atom stereocenters. The van der Waals surface area contributed by atoms with Gasteiger partial charge in [0.15, 0.2) is 0 Å². The van der Waals surface area contributed by atoms with E-state index in [-0.39, 0.29) is 24.4 Å². The number of carbonyl (C=O) groups is 3. The summed E-state index contributed by atoms with van der Waals surface area (Å²) in [5, 5.41) is 8.37. The maximum Gasteiger partial charge on any atom is 0.329 e. The van der Waals surface area contributed by atoms with E-state index in [1.165, 1.54) is 12.0 Å². The molecule has 7 nitrogen and oxygen atoms in total. The van der Waals surface area contributed by atoms with Gasteiger partial charge in [0.1, 0.15) is 13.2 Å². The lowest BCUT2D eigenvalue weighted by Crippen LogP contribution is -2.44. The number of amides is 1. The van der Waals surface area contributed by atoms with Crippen molar-refractivity contribution >= 4 is 17.8 Å². The number of hydrogen-bond donors (Lipinski definition) is 1. The Kier molecular flexibility index (Phi) is 5.57. The number of methoxy groups -OCH3 is 1. The number of ether oxygens (including phenoxy) is 2. The number of carboxylic acid groups (broad SMARTS) is 1. The molecule has 0 bridgehead atoms. The number of aliphatic carboxylic acids is 1. The minimum absolute atomic E-state index is 0.278. The lowest BCUT2D eigenvalue weighted by atomic mass is 9.98. The van der Waals surface area contributed by atoms with E-state index >= 15 is 0 Å². The molecule has 1 N–H and O–H groups in total. The highest BCUT2D eigenvalue weighted by Gasteiger charge is 2.28. The quantitative estimate of drug-likeness (QED) is 0.669. The Morgan fingerprint density at radius 3 is 2.67 bits per heavy atom. The number of hydrogen-bond acceptors (Lipinski definition) is 5. The smallest absolute Gasteiger partial charge is 0.329 e. The van der Waals surface area contributed by atoms with E-state index in [2.05, 4.69) is 4.74 Å². The number of piperidine rings is 1. The summed E-state index contributed by atoms with van der Waals surface area (Å²) >= 11 is 0. The maximum atomic E-state index is 11.7. The normalized spacial score (nSPS) is 19.4. The molecular weight excluding hydrogens is 242 g/mol. The first-order chi connectivity index (χ1) is 8.54. The molecule has 0 aromatic heterocycles. The zero-order chi connectivity index (χ0) is 13.5. The van der Waals surface area contributed by atoms with Gasteiger partial charge in [-0.05, 0) is 12.8 Å². The van der Waals surface area contributed by atoms with E-state index in [1.54, 1.807) is 0 Å². The van der Waals surface area contributed by atoms with Crippen molar-refractivity contribution in [2.45, 2.75) is 12.8 Å². The van der Waals surface area contributed by atoms with Gasteiger partial charge in [-0.25, -0.2) is 4.79 Å². The summed E-state index contributed by atoms with van der Waals surface area (Å²) in [4.78, 5) is 34.8. The van der Waals surface area contributed by atoms with Gasteiger partial charge in [-0.1, -0.05) is 0 Å². The molecule has 1 rings (SSSR count). The van der Waals surface area contributed by atoms with Gasteiger partial charge in [0.25, 0.3) is 0 Å². The average molecular weight is 259 g/mol. The molecule has 1 saturated heterocycles. The summed E-state index contributed by atoms with van der Waals surface area (Å²) in [6.07, 6.45) is 1.43. The van der Waals surface area contributed by atoms with E-state index in [1.807, 2.05) is 0 Å². The Morgan fingerprint density at radius 1 is 1.33 bits per heavy atom. The van der Waals surface area contributed by atoms with E-state index in [9.17, 15) is 14.4 Å². The van der Waals surface area contributed by atoms with Crippen LogP contribution in [0.1, 0.15) is 12.8 Å². The zero-order valence-corrected chi connectivity index (χ0v) is 10.3. The Hall–Kier alpha value is -1.63. The van der Waals surface area contributed by atoms with Crippen LogP contribution in [0.5, 0.6) is 0 Å². The topological polar surface area (TPSA) is 93.1 Å². The second-order valence-electron chi connectivity index (χ2n) is 4.09. The molecule has 1 fully saturated rings. The van der Waals surface area contributed by atoms with Crippen LogP contribution in [0.25, 0.3) is 0 Å². The summed E-state index contributed by atoms with van der Waals surface area (Å²) < 4.78 is 9.37. The second kappa shape index (κ2) is 6.95. The number of likely N-dealkylation sites (tertiary alicyclic amines) is 1. The van der Waals surface area contributed by atoms with Gasteiger partial charge >= 0.3 is 11.9 Å². The van der Waals surface area contributed by atoms with Gasteiger partial charge in [-0.15, -0.1) is 0 Å². The van der Waals surface area contributed by atoms with Crippen molar-refractivity contribution in [1.82, 2.24) is 4.90 Å². The van der Waals surface area contributed by atoms with Gasteiger partial charge < -0.3 is 19.5 Å². The van der Waals surface area contributed by atoms with E-state index < -0.39 is 12.6 Å². The van der Waals surface area contributed by atoms with Crippen LogP contribution in [-0.2, 0) is 23.9 Å². The fraction of sp³-hybridized carbons (Fsp3) is 0.727. The summed E-state index contributed by atoms with van der Waals surface area (Å²) in [7, 11) is 1.32. The predicted octanol–water partition coefficient (Wildman–Crippen LogP) is -0.501. The molecular formula is C11H17NO6. The number of rotatable bonds is 5. The van der Waals surface area contributed by atoms with E-state index in [4.69, 9.17) is 9.84 Å². The Morgan fingerprint density at radius 2 is 2.06 bits per heavy atom. The highest BCUT2D eigenvalue weighted by atomic mass is 16.5. The van der Waals surface area contributed by atoms with Crippen LogP contribution in [0.4, 0.5) is 0 Å². The third-order valence-corrected chi connectivity index (χ3v) is 2.76. The predicted molar refractivity (Wildman–Crippen MR) is 59.8 cm³/mol. The SMILES string of the molecule is COC(=O)C1CCCN(C(=O)COCC(=O)O)C1. The van der Waals surface area contributed by atoms with Gasteiger partial charge in [0.2, 0.25) is 5.91 Å². The summed E-state index contributed by atoms with van der Waals surface area (Å²) in [5.74, 6) is -2.04. The van der Waals surface area contributed by atoms with Crippen molar-refractivity contribution in [2.24, 2.45) is 5.92 Å². The maximum absolute atomic E-state index is 11.7. The van der Waals surface area contributed by atoms with Crippen LogP contribution in [-0.4, -0.2) is 61.3 Å². The number of carboxylic acids is 1. The minimum atomic E-state index is -1.12. The first kappa shape index (κ1) is 14.4. The molecule has 1 unspecified atom stereocenters. The first-order valence-corrected chi connectivity index (χ1v) is 5.69. The third-order valence-electron chi connectivity index (χ3n) is 2.76. The molecule has 18 heavy (non-hydrogen) atoms. The molecule has 0 aromatic rings. The standard InChI is InChI=1S/C11H17NO6/c1-17-11(16)8-3-2-4-12(5-8)9(13)6-18-7-10(14)15/h8H,2-7H2,1H3,(H,14,15). The molecule has 1 aliphatic rings. The lowest BCUT2D eigenvalue weighted by Gasteiger charge is -2.31. The van der Waals surface area contributed by atoms with Gasteiger partial charge in [-0.3, -0.25) is 9.59 Å². The monoisotopic (exact) mass is 259 g/mol. The Balaban J connectivity index is 2.38. The van der Waals surface area contributed by atoms with Crippen molar-refractivity contribution in [3.63, 3.8) is 0 Å². The van der Waals surface area contributed by atoms with Crippen LogP contribution in [0, 0.1) is 5.92 Å². The summed E-state index contributed by atoms with van der Waals surface area (Å²) in [6, 6.07) is 0. The van der Waals surface area contributed by atoms with Crippen molar-refractivity contribution in [3.8, 4) is 0 Å². The van der Waals surface area contributed by atoms with Crippen molar-refractivity contribution in [1.29, 1.82) is 0 Å². The van der Waals surface area contributed by atoms with E-state index in [0.29, 0.717) is 19.5 Å². The minimum Gasteiger partial charge on any atom is -0.480 e. The van der Waals surface area contributed by atoms with Crippen LogP contribution in [0.2, 0.25) is 0 Å².